The largest absolute Gasteiger partial charge is 0.480 e. The number of pyridine rings is 1. The quantitative estimate of drug-likeness (QED) is 0.799. The molecule has 1 aliphatic rings. The van der Waals surface area contributed by atoms with Gasteiger partial charge in [-0.05, 0) is 29.9 Å². The van der Waals surface area contributed by atoms with Crippen molar-refractivity contribution in [2.24, 2.45) is 5.73 Å². The van der Waals surface area contributed by atoms with Crippen molar-refractivity contribution in [2.75, 3.05) is 19.3 Å². The molecule has 0 fully saturated rings. The predicted molar refractivity (Wildman–Crippen MR) is 81.2 cm³/mol. The fourth-order valence-corrected chi connectivity index (χ4v) is 2.62. The molecule has 1 aliphatic heterocycles. The third-order valence-electron chi connectivity index (χ3n) is 3.37. The monoisotopic (exact) mass is 293 g/mol. The van der Waals surface area contributed by atoms with Crippen LogP contribution in [-0.2, 0) is 11.2 Å². The van der Waals surface area contributed by atoms with Gasteiger partial charge in [-0.1, -0.05) is 24.1 Å². The number of rotatable bonds is 5. The second-order valence-electron chi connectivity index (χ2n) is 4.74. The molecule has 5 nitrogen and oxygen atoms in total. The van der Waals surface area contributed by atoms with E-state index >= 15 is 0 Å². The van der Waals surface area contributed by atoms with Crippen LogP contribution in [0.15, 0.2) is 24.4 Å². The van der Waals surface area contributed by atoms with Crippen LogP contribution in [-0.4, -0.2) is 45.8 Å². The molecule has 0 saturated carbocycles. The minimum Gasteiger partial charge on any atom is -0.480 e. The highest BCUT2D eigenvalue weighted by Gasteiger charge is 2.14. The summed E-state index contributed by atoms with van der Waals surface area (Å²) in [5, 5.41) is 8.78. The standard InChI is InChI=1S/C14H19N3O2S/c1-20-17-6-4-10(5-7-17)11-2-3-12(16-9-11)8-13(15)14(18)19/h2-4,9,13H,5-8,15H2,1H3,(H,18,19). The molecule has 0 aliphatic carbocycles. The van der Waals surface area contributed by atoms with E-state index in [2.05, 4.69) is 21.6 Å². The summed E-state index contributed by atoms with van der Waals surface area (Å²) in [5.41, 5.74) is 8.63. The summed E-state index contributed by atoms with van der Waals surface area (Å²) in [6.07, 6.45) is 7.39. The number of carboxylic acids is 1. The second kappa shape index (κ2) is 6.88. The topological polar surface area (TPSA) is 79.5 Å². The van der Waals surface area contributed by atoms with Gasteiger partial charge in [-0.25, -0.2) is 4.31 Å². The predicted octanol–water partition coefficient (Wildman–Crippen LogP) is 1.40. The molecule has 0 saturated heterocycles. The Morgan fingerprint density at radius 2 is 2.40 bits per heavy atom. The Kier molecular flexibility index (Phi) is 5.17. The van der Waals surface area contributed by atoms with Crippen LogP contribution < -0.4 is 5.73 Å². The molecule has 0 spiro atoms. The van der Waals surface area contributed by atoms with Crippen LogP contribution in [0.5, 0.6) is 0 Å². The van der Waals surface area contributed by atoms with Gasteiger partial charge in [-0.15, -0.1) is 0 Å². The van der Waals surface area contributed by atoms with Gasteiger partial charge in [-0.3, -0.25) is 9.78 Å². The summed E-state index contributed by atoms with van der Waals surface area (Å²) in [5.74, 6) is -0.997. The molecule has 2 heterocycles. The maximum Gasteiger partial charge on any atom is 0.320 e. The fourth-order valence-electron chi connectivity index (χ4n) is 2.13. The molecule has 2 rings (SSSR count). The summed E-state index contributed by atoms with van der Waals surface area (Å²) in [7, 11) is 0. The number of nitrogens with zero attached hydrogens (tertiary/aromatic N) is 2. The first kappa shape index (κ1) is 15.0. The maximum atomic E-state index is 10.7. The van der Waals surface area contributed by atoms with Crippen molar-refractivity contribution in [3.8, 4) is 0 Å². The lowest BCUT2D eigenvalue weighted by Crippen LogP contribution is -2.32. The number of hydrogen-bond donors (Lipinski definition) is 2. The van der Waals surface area contributed by atoms with Crippen LogP contribution in [0.2, 0.25) is 0 Å². The van der Waals surface area contributed by atoms with Crippen LogP contribution in [0.3, 0.4) is 0 Å². The van der Waals surface area contributed by atoms with E-state index in [-0.39, 0.29) is 6.42 Å². The molecule has 0 aromatic carbocycles. The third-order valence-corrected chi connectivity index (χ3v) is 4.22. The number of carboxylic acid groups (broad SMARTS) is 1. The Morgan fingerprint density at radius 1 is 1.60 bits per heavy atom. The normalized spacial score (nSPS) is 17.6. The van der Waals surface area contributed by atoms with Gasteiger partial charge in [0, 0.05) is 31.4 Å². The number of aromatic nitrogens is 1. The summed E-state index contributed by atoms with van der Waals surface area (Å²) >= 11 is 1.76. The van der Waals surface area contributed by atoms with Gasteiger partial charge in [-0.2, -0.15) is 0 Å². The summed E-state index contributed by atoms with van der Waals surface area (Å²) in [4.78, 5) is 15.0. The molecule has 0 amide bonds. The molecule has 1 aromatic heterocycles. The van der Waals surface area contributed by atoms with Crippen LogP contribution in [0.4, 0.5) is 0 Å². The Labute approximate surface area is 123 Å². The lowest BCUT2D eigenvalue weighted by Gasteiger charge is -2.23. The molecule has 1 unspecified atom stereocenters. The highest BCUT2D eigenvalue weighted by Crippen LogP contribution is 2.24. The van der Waals surface area contributed by atoms with E-state index in [0.717, 1.165) is 25.1 Å². The number of aliphatic carboxylic acids is 1. The first-order valence-corrected chi connectivity index (χ1v) is 7.70. The molecule has 0 radical (unpaired) electrons. The van der Waals surface area contributed by atoms with Crippen molar-refractivity contribution in [3.05, 3.63) is 35.7 Å². The minimum absolute atomic E-state index is 0.259. The molecule has 1 atom stereocenters. The van der Waals surface area contributed by atoms with E-state index in [1.807, 2.05) is 18.3 Å². The van der Waals surface area contributed by atoms with E-state index in [1.54, 1.807) is 11.9 Å². The van der Waals surface area contributed by atoms with Gasteiger partial charge in [0.2, 0.25) is 0 Å². The lowest BCUT2D eigenvalue weighted by molar-refractivity contribution is -0.138. The van der Waals surface area contributed by atoms with Crippen molar-refractivity contribution in [2.45, 2.75) is 18.9 Å². The average molecular weight is 293 g/mol. The van der Waals surface area contributed by atoms with Crippen molar-refractivity contribution >= 4 is 23.5 Å². The minimum atomic E-state index is -0.997. The second-order valence-corrected chi connectivity index (χ2v) is 5.62. The molecule has 1 aromatic rings. The number of hydrogen-bond acceptors (Lipinski definition) is 5. The Bertz CT molecular complexity index is 502. The van der Waals surface area contributed by atoms with Gasteiger partial charge in [0.25, 0.3) is 0 Å². The van der Waals surface area contributed by atoms with Gasteiger partial charge in [0.15, 0.2) is 0 Å². The highest BCUT2D eigenvalue weighted by molar-refractivity contribution is 7.96. The molecule has 3 N–H and O–H groups in total. The SMILES string of the molecule is CSN1CC=C(c2ccc(CC(N)C(=O)O)nc2)CC1. The van der Waals surface area contributed by atoms with Crippen LogP contribution >= 0.6 is 11.9 Å². The first-order chi connectivity index (χ1) is 9.60. The van der Waals surface area contributed by atoms with Crippen molar-refractivity contribution < 1.29 is 9.90 Å². The third kappa shape index (κ3) is 3.82. The molecule has 108 valence electrons. The zero-order chi connectivity index (χ0) is 14.5. The molecular weight excluding hydrogens is 274 g/mol. The van der Waals surface area contributed by atoms with Gasteiger partial charge >= 0.3 is 5.97 Å². The number of carbonyl (C=O) groups is 1. The Balaban J connectivity index is 2.02. The highest BCUT2D eigenvalue weighted by atomic mass is 32.2. The molecular formula is C14H19N3O2S. The van der Waals surface area contributed by atoms with Gasteiger partial charge < -0.3 is 10.8 Å². The van der Waals surface area contributed by atoms with E-state index in [9.17, 15) is 4.79 Å². The van der Waals surface area contributed by atoms with Crippen LogP contribution in [0.1, 0.15) is 17.7 Å². The fraction of sp³-hybridized carbons (Fsp3) is 0.429. The van der Waals surface area contributed by atoms with Gasteiger partial charge in [0.05, 0.1) is 0 Å². The zero-order valence-electron chi connectivity index (χ0n) is 11.5. The smallest absolute Gasteiger partial charge is 0.320 e. The van der Waals surface area contributed by atoms with Crippen molar-refractivity contribution in [1.82, 2.24) is 9.29 Å². The van der Waals surface area contributed by atoms with E-state index in [4.69, 9.17) is 10.8 Å². The summed E-state index contributed by atoms with van der Waals surface area (Å²) in [6, 6.07) is 2.97. The van der Waals surface area contributed by atoms with E-state index in [1.165, 1.54) is 5.57 Å². The number of nitrogens with two attached hydrogens (primary N) is 1. The Morgan fingerprint density at radius 3 is 2.90 bits per heavy atom. The molecule has 20 heavy (non-hydrogen) atoms. The van der Waals surface area contributed by atoms with E-state index < -0.39 is 12.0 Å². The zero-order valence-corrected chi connectivity index (χ0v) is 12.3. The molecule has 0 bridgehead atoms. The summed E-state index contributed by atoms with van der Waals surface area (Å²) in [6.45, 7) is 1.99. The summed E-state index contributed by atoms with van der Waals surface area (Å²) < 4.78 is 2.30. The Hall–Kier alpha value is -1.37. The van der Waals surface area contributed by atoms with Crippen LogP contribution in [0, 0.1) is 0 Å². The van der Waals surface area contributed by atoms with Crippen molar-refractivity contribution in [3.63, 3.8) is 0 Å². The van der Waals surface area contributed by atoms with Crippen LogP contribution in [0.25, 0.3) is 5.57 Å². The maximum absolute atomic E-state index is 10.7. The average Bonchev–Trinajstić information content (AvgIpc) is 2.48. The van der Waals surface area contributed by atoms with Crippen molar-refractivity contribution in [1.29, 1.82) is 0 Å². The lowest BCUT2D eigenvalue weighted by atomic mass is 10.0. The first-order valence-electron chi connectivity index (χ1n) is 6.52. The van der Waals surface area contributed by atoms with Gasteiger partial charge in [0.1, 0.15) is 6.04 Å². The molecule has 6 heteroatoms. The van der Waals surface area contributed by atoms with E-state index in [0.29, 0.717) is 5.69 Å².